The first-order valence-corrected chi connectivity index (χ1v) is 5.49. The Labute approximate surface area is 95.2 Å². The number of carbonyl (C=O) groups excluding carboxylic acids is 1. The minimum Gasteiger partial charge on any atom is -0.447 e. The lowest BCUT2D eigenvalue weighted by molar-refractivity contribution is 0.177. The largest absolute Gasteiger partial charge is 0.447 e. The van der Waals surface area contributed by atoms with Gasteiger partial charge < -0.3 is 4.74 Å². The molecule has 1 atom stereocenters. The minimum absolute atomic E-state index is 0.0850. The molecule has 0 spiro atoms. The van der Waals surface area contributed by atoms with Crippen LogP contribution >= 0.6 is 0 Å². The van der Waals surface area contributed by atoms with Gasteiger partial charge in [0.2, 0.25) is 0 Å². The van der Waals surface area contributed by atoms with Crippen molar-refractivity contribution in [3.05, 3.63) is 23.9 Å². The Kier molecular flexibility index (Phi) is 2.81. The summed E-state index contributed by atoms with van der Waals surface area (Å²) < 4.78 is 5.08. The van der Waals surface area contributed by atoms with Gasteiger partial charge in [0, 0.05) is 5.69 Å². The highest BCUT2D eigenvalue weighted by Gasteiger charge is 2.36. The van der Waals surface area contributed by atoms with Gasteiger partial charge in [0.05, 0.1) is 6.04 Å². The van der Waals surface area contributed by atoms with Gasteiger partial charge in [-0.2, -0.15) is 0 Å². The van der Waals surface area contributed by atoms with E-state index in [0.29, 0.717) is 18.3 Å². The molecular weight excluding hydrogens is 204 g/mol. The highest BCUT2D eigenvalue weighted by atomic mass is 16.6. The normalized spacial score (nSPS) is 20.4. The zero-order chi connectivity index (χ0) is 11.7. The quantitative estimate of drug-likeness (QED) is 0.768. The number of hydrogen-bond acceptors (Lipinski definition) is 3. The lowest BCUT2D eigenvalue weighted by Crippen LogP contribution is -2.37. The fourth-order valence-corrected chi connectivity index (χ4v) is 1.85. The second-order valence-electron chi connectivity index (χ2n) is 4.40. The van der Waals surface area contributed by atoms with E-state index in [9.17, 15) is 4.79 Å². The van der Waals surface area contributed by atoms with E-state index in [0.717, 1.165) is 5.69 Å². The van der Waals surface area contributed by atoms with Crippen LogP contribution in [0.25, 0.3) is 0 Å². The van der Waals surface area contributed by atoms with Gasteiger partial charge in [-0.1, -0.05) is 19.9 Å². The Morgan fingerprint density at radius 1 is 1.50 bits per heavy atom. The molecule has 1 aliphatic heterocycles. The third-order valence-electron chi connectivity index (χ3n) is 2.80. The van der Waals surface area contributed by atoms with Gasteiger partial charge in [-0.3, -0.25) is 4.90 Å². The molecule has 4 nitrogen and oxygen atoms in total. The zero-order valence-corrected chi connectivity index (χ0v) is 9.80. The number of cyclic esters (lactones) is 1. The van der Waals surface area contributed by atoms with Crippen molar-refractivity contribution < 1.29 is 9.53 Å². The van der Waals surface area contributed by atoms with E-state index in [4.69, 9.17) is 4.74 Å². The molecule has 86 valence electrons. The van der Waals surface area contributed by atoms with Crippen LogP contribution in [0.15, 0.2) is 18.2 Å². The first-order chi connectivity index (χ1) is 7.59. The molecule has 1 aromatic rings. The average Bonchev–Trinajstić information content (AvgIpc) is 2.60. The van der Waals surface area contributed by atoms with E-state index in [1.54, 1.807) is 4.90 Å². The molecule has 0 unspecified atom stereocenters. The number of anilines is 1. The number of ether oxygens (including phenoxy) is 1. The Morgan fingerprint density at radius 3 is 2.88 bits per heavy atom. The topological polar surface area (TPSA) is 42.4 Å². The van der Waals surface area contributed by atoms with Crippen LogP contribution in [0.2, 0.25) is 0 Å². The van der Waals surface area contributed by atoms with Crippen LogP contribution in [-0.2, 0) is 4.74 Å². The van der Waals surface area contributed by atoms with E-state index in [2.05, 4.69) is 18.8 Å². The van der Waals surface area contributed by atoms with Crippen molar-refractivity contribution in [1.82, 2.24) is 4.98 Å². The number of hydrogen-bond donors (Lipinski definition) is 0. The molecule has 1 saturated heterocycles. The summed E-state index contributed by atoms with van der Waals surface area (Å²) in [7, 11) is 0. The fourth-order valence-electron chi connectivity index (χ4n) is 1.85. The molecule has 2 heterocycles. The summed E-state index contributed by atoms with van der Waals surface area (Å²) in [4.78, 5) is 17.7. The van der Waals surface area contributed by atoms with E-state index >= 15 is 0 Å². The maximum atomic E-state index is 11.7. The molecule has 1 aliphatic rings. The summed E-state index contributed by atoms with van der Waals surface area (Å²) in [5.74, 6) is 1.04. The van der Waals surface area contributed by atoms with Crippen LogP contribution in [0.5, 0.6) is 0 Å². The molecule has 0 bridgehead atoms. The summed E-state index contributed by atoms with van der Waals surface area (Å²) >= 11 is 0. The number of aromatic nitrogens is 1. The molecule has 2 rings (SSSR count). The van der Waals surface area contributed by atoms with Crippen LogP contribution < -0.4 is 4.90 Å². The lowest BCUT2D eigenvalue weighted by Gasteiger charge is -2.23. The van der Waals surface area contributed by atoms with Crippen LogP contribution in [0.1, 0.15) is 19.5 Å². The van der Waals surface area contributed by atoms with E-state index in [-0.39, 0.29) is 12.1 Å². The van der Waals surface area contributed by atoms with Gasteiger partial charge >= 0.3 is 6.09 Å². The molecule has 16 heavy (non-hydrogen) atoms. The number of nitrogens with zero attached hydrogens (tertiary/aromatic N) is 2. The van der Waals surface area contributed by atoms with Crippen molar-refractivity contribution in [3.8, 4) is 0 Å². The molecule has 1 aromatic heterocycles. The van der Waals surface area contributed by atoms with Crippen LogP contribution in [0.3, 0.4) is 0 Å². The highest BCUT2D eigenvalue weighted by molar-refractivity contribution is 5.89. The van der Waals surface area contributed by atoms with Gasteiger partial charge in [0.15, 0.2) is 0 Å². The zero-order valence-electron chi connectivity index (χ0n) is 9.80. The first kappa shape index (κ1) is 10.9. The van der Waals surface area contributed by atoms with Crippen LogP contribution in [0, 0.1) is 12.8 Å². The number of carbonyl (C=O) groups is 1. The van der Waals surface area contributed by atoms with Crippen molar-refractivity contribution in [1.29, 1.82) is 0 Å². The molecule has 0 saturated carbocycles. The summed E-state index contributed by atoms with van der Waals surface area (Å²) in [5, 5.41) is 0. The average molecular weight is 220 g/mol. The van der Waals surface area contributed by atoms with Gasteiger partial charge in [-0.25, -0.2) is 9.78 Å². The smallest absolute Gasteiger partial charge is 0.415 e. The SMILES string of the molecule is Cc1cccc(N2C(=O)OC[C@@H]2C(C)C)n1. The number of pyridine rings is 1. The molecule has 0 radical (unpaired) electrons. The third kappa shape index (κ3) is 1.87. The third-order valence-corrected chi connectivity index (χ3v) is 2.80. The monoisotopic (exact) mass is 220 g/mol. The van der Waals surface area contributed by atoms with Crippen molar-refractivity contribution in [3.63, 3.8) is 0 Å². The Balaban J connectivity index is 2.33. The van der Waals surface area contributed by atoms with Gasteiger partial charge in [0.1, 0.15) is 12.4 Å². The predicted octanol–water partition coefficient (Wildman–Crippen LogP) is 2.37. The molecule has 1 fully saturated rings. The Morgan fingerprint density at radius 2 is 2.25 bits per heavy atom. The summed E-state index contributed by atoms with van der Waals surface area (Å²) in [6.07, 6.45) is -0.295. The molecule has 0 N–H and O–H groups in total. The summed E-state index contributed by atoms with van der Waals surface area (Å²) in [6, 6.07) is 5.74. The van der Waals surface area contributed by atoms with Crippen molar-refractivity contribution >= 4 is 11.9 Å². The second kappa shape index (κ2) is 4.12. The lowest BCUT2D eigenvalue weighted by atomic mass is 10.0. The molecule has 0 aromatic carbocycles. The van der Waals surface area contributed by atoms with E-state index < -0.39 is 0 Å². The maximum Gasteiger partial charge on any atom is 0.415 e. The predicted molar refractivity (Wildman–Crippen MR) is 61.4 cm³/mol. The van der Waals surface area contributed by atoms with Crippen molar-refractivity contribution in [2.45, 2.75) is 26.8 Å². The maximum absolute atomic E-state index is 11.7. The van der Waals surface area contributed by atoms with Gasteiger partial charge in [-0.15, -0.1) is 0 Å². The van der Waals surface area contributed by atoms with E-state index in [1.165, 1.54) is 0 Å². The van der Waals surface area contributed by atoms with Crippen LogP contribution in [-0.4, -0.2) is 23.7 Å². The Bertz CT molecular complexity index is 404. The summed E-state index contributed by atoms with van der Waals surface area (Å²) in [6.45, 7) is 6.52. The van der Waals surface area contributed by atoms with E-state index in [1.807, 2.05) is 25.1 Å². The standard InChI is InChI=1S/C12H16N2O2/c1-8(2)10-7-16-12(15)14(10)11-6-4-5-9(3)13-11/h4-6,8,10H,7H2,1-3H3/t10-/m1/s1. The Hall–Kier alpha value is -1.58. The fraction of sp³-hybridized carbons (Fsp3) is 0.500. The molecular formula is C12H16N2O2. The van der Waals surface area contributed by atoms with Gasteiger partial charge in [-0.05, 0) is 25.0 Å². The number of rotatable bonds is 2. The highest BCUT2D eigenvalue weighted by Crippen LogP contribution is 2.25. The van der Waals surface area contributed by atoms with Crippen LogP contribution in [0.4, 0.5) is 10.6 Å². The molecule has 4 heteroatoms. The number of amides is 1. The second-order valence-corrected chi connectivity index (χ2v) is 4.40. The molecule has 0 aliphatic carbocycles. The number of aryl methyl sites for hydroxylation is 1. The minimum atomic E-state index is -0.295. The van der Waals surface area contributed by atoms with Crippen molar-refractivity contribution in [2.75, 3.05) is 11.5 Å². The first-order valence-electron chi connectivity index (χ1n) is 5.49. The van der Waals surface area contributed by atoms with Gasteiger partial charge in [0.25, 0.3) is 0 Å². The van der Waals surface area contributed by atoms with Crippen molar-refractivity contribution in [2.24, 2.45) is 5.92 Å². The molecule has 1 amide bonds. The summed E-state index contributed by atoms with van der Waals surface area (Å²) in [5.41, 5.74) is 0.903.